The Morgan fingerprint density at radius 2 is 1.92 bits per heavy atom. The molecule has 0 aliphatic heterocycles. The molecule has 0 spiro atoms. The number of rotatable bonds is 4. The van der Waals surface area contributed by atoms with Crippen molar-refractivity contribution in [2.45, 2.75) is 25.9 Å². The van der Waals surface area contributed by atoms with Gasteiger partial charge < -0.3 is 9.94 Å². The minimum absolute atomic E-state index is 0.132. The van der Waals surface area contributed by atoms with Gasteiger partial charge in [0.2, 0.25) is 0 Å². The van der Waals surface area contributed by atoms with Crippen molar-refractivity contribution in [3.05, 3.63) is 82.6 Å². The summed E-state index contributed by atoms with van der Waals surface area (Å²) < 4.78 is 7.99. The highest BCUT2D eigenvalue weighted by atomic mass is 16.5. The molecule has 126 valence electrons. The van der Waals surface area contributed by atoms with Crippen LogP contribution in [0.15, 0.2) is 54.9 Å². The highest BCUT2D eigenvalue weighted by Crippen LogP contribution is 2.28. The summed E-state index contributed by atoms with van der Waals surface area (Å²) in [5.41, 5.74) is 4.55. The maximum atomic E-state index is 12.1. The van der Waals surface area contributed by atoms with Crippen LogP contribution in [0.5, 0.6) is 0 Å². The van der Waals surface area contributed by atoms with Gasteiger partial charge in [0, 0.05) is 23.4 Å². The molecule has 0 atom stereocenters. The lowest BCUT2D eigenvalue weighted by Crippen LogP contribution is -2.24. The fourth-order valence-corrected chi connectivity index (χ4v) is 3.18. The molecule has 0 N–H and O–H groups in total. The number of para-hydroxylation sites is 1. The van der Waals surface area contributed by atoms with Gasteiger partial charge >= 0.3 is 5.97 Å². The van der Waals surface area contributed by atoms with E-state index in [1.165, 1.54) is 35.8 Å². The molecule has 0 amide bonds. The van der Waals surface area contributed by atoms with Crippen molar-refractivity contribution in [3.63, 3.8) is 0 Å². The second kappa shape index (κ2) is 6.39. The lowest BCUT2D eigenvalue weighted by Gasteiger charge is -2.05. The van der Waals surface area contributed by atoms with Crippen molar-refractivity contribution >= 4 is 5.97 Å². The number of aromatic nitrogens is 3. The van der Waals surface area contributed by atoms with Gasteiger partial charge in [-0.25, -0.2) is 9.48 Å². The predicted molar refractivity (Wildman–Crippen MR) is 90.1 cm³/mol. The van der Waals surface area contributed by atoms with Crippen molar-refractivity contribution in [2.75, 3.05) is 0 Å². The van der Waals surface area contributed by atoms with Crippen LogP contribution in [0.3, 0.4) is 0 Å². The van der Waals surface area contributed by atoms with Gasteiger partial charge in [-0.15, -0.1) is 0 Å². The van der Waals surface area contributed by atoms with E-state index in [-0.39, 0.29) is 6.61 Å². The van der Waals surface area contributed by atoms with Crippen LogP contribution in [-0.4, -0.2) is 15.7 Å². The van der Waals surface area contributed by atoms with E-state index in [1.54, 1.807) is 0 Å². The molecule has 3 aromatic rings. The van der Waals surface area contributed by atoms with E-state index in [2.05, 4.69) is 5.10 Å². The number of pyridine rings is 1. The van der Waals surface area contributed by atoms with E-state index in [0.717, 1.165) is 30.6 Å². The highest BCUT2D eigenvalue weighted by molar-refractivity contribution is 5.89. The van der Waals surface area contributed by atoms with Crippen LogP contribution in [0.2, 0.25) is 0 Å². The first-order chi connectivity index (χ1) is 12.2. The smallest absolute Gasteiger partial charge is 0.338 e. The van der Waals surface area contributed by atoms with Crippen LogP contribution < -0.4 is 4.73 Å². The number of carbonyl (C=O) groups is 1. The number of benzene rings is 1. The van der Waals surface area contributed by atoms with Crippen molar-refractivity contribution in [1.82, 2.24) is 9.78 Å². The molecule has 0 saturated carbocycles. The highest BCUT2D eigenvalue weighted by Gasteiger charge is 2.24. The van der Waals surface area contributed by atoms with E-state index in [9.17, 15) is 10.0 Å². The van der Waals surface area contributed by atoms with Gasteiger partial charge in [0.1, 0.15) is 12.3 Å². The summed E-state index contributed by atoms with van der Waals surface area (Å²) in [6.07, 6.45) is 5.57. The molecule has 4 rings (SSSR count). The molecular formula is C19H17N3O3. The molecule has 1 aliphatic carbocycles. The van der Waals surface area contributed by atoms with Gasteiger partial charge in [-0.3, -0.25) is 0 Å². The summed E-state index contributed by atoms with van der Waals surface area (Å²) in [4.78, 5) is 12.1. The van der Waals surface area contributed by atoms with Gasteiger partial charge in [0.15, 0.2) is 12.4 Å². The van der Waals surface area contributed by atoms with E-state index < -0.39 is 5.97 Å². The molecule has 0 radical (unpaired) electrons. The number of fused-ring (bicyclic) bond motifs is 1. The van der Waals surface area contributed by atoms with Crippen LogP contribution in [0, 0.1) is 5.21 Å². The van der Waals surface area contributed by atoms with Crippen LogP contribution in [0.25, 0.3) is 5.69 Å². The summed E-state index contributed by atoms with van der Waals surface area (Å²) in [5.74, 6) is -0.457. The zero-order valence-corrected chi connectivity index (χ0v) is 13.6. The molecule has 0 bridgehead atoms. The second-order valence-electron chi connectivity index (χ2n) is 6.00. The van der Waals surface area contributed by atoms with E-state index in [4.69, 9.17) is 4.74 Å². The minimum atomic E-state index is -0.457. The van der Waals surface area contributed by atoms with Crippen LogP contribution in [-0.2, 0) is 24.2 Å². The Bertz CT molecular complexity index is 902. The third kappa shape index (κ3) is 2.98. The first-order valence-corrected chi connectivity index (χ1v) is 8.23. The lowest BCUT2D eigenvalue weighted by molar-refractivity contribution is -0.605. The number of carbonyl (C=O) groups excluding carboxylic acids is 1. The summed E-state index contributed by atoms with van der Waals surface area (Å²) in [6.45, 7) is 0.132. The van der Waals surface area contributed by atoms with Gasteiger partial charge in [0.05, 0.1) is 11.3 Å². The average Bonchev–Trinajstić information content (AvgIpc) is 3.24. The number of hydrogen-bond acceptors (Lipinski definition) is 4. The zero-order chi connectivity index (χ0) is 17.2. The summed E-state index contributed by atoms with van der Waals surface area (Å²) in [7, 11) is 0. The Morgan fingerprint density at radius 3 is 2.68 bits per heavy atom. The second-order valence-corrected chi connectivity index (χ2v) is 6.00. The zero-order valence-electron chi connectivity index (χ0n) is 13.6. The Labute approximate surface area is 144 Å². The fraction of sp³-hybridized carbons (Fsp3) is 0.211. The van der Waals surface area contributed by atoms with Crippen LogP contribution in [0.1, 0.15) is 33.7 Å². The number of esters is 1. The molecule has 2 aromatic heterocycles. The maximum absolute atomic E-state index is 12.1. The van der Waals surface area contributed by atoms with E-state index >= 15 is 0 Å². The topological polar surface area (TPSA) is 71.1 Å². The van der Waals surface area contributed by atoms with Gasteiger partial charge in [-0.05, 0) is 31.4 Å². The molecule has 2 heterocycles. The first-order valence-electron chi connectivity index (χ1n) is 8.23. The average molecular weight is 335 g/mol. The molecule has 1 aliphatic rings. The summed E-state index contributed by atoms with van der Waals surface area (Å²) in [5, 5.41) is 15.7. The van der Waals surface area contributed by atoms with Crippen molar-refractivity contribution in [3.8, 4) is 5.69 Å². The van der Waals surface area contributed by atoms with E-state index in [1.807, 2.05) is 35.0 Å². The molecule has 6 nitrogen and oxygen atoms in total. The molecule has 1 aromatic carbocycles. The quantitative estimate of drug-likeness (QED) is 0.417. The Kier molecular flexibility index (Phi) is 3.93. The van der Waals surface area contributed by atoms with Crippen molar-refractivity contribution in [1.29, 1.82) is 0 Å². The Hall–Kier alpha value is -3.15. The number of ether oxygens (including phenoxy) is 1. The Morgan fingerprint density at radius 1 is 1.16 bits per heavy atom. The maximum Gasteiger partial charge on any atom is 0.338 e. The third-order valence-electron chi connectivity index (χ3n) is 4.39. The fourth-order valence-electron chi connectivity index (χ4n) is 3.18. The van der Waals surface area contributed by atoms with Crippen LogP contribution in [0.4, 0.5) is 0 Å². The molecule has 0 fully saturated rings. The minimum Gasteiger partial charge on any atom is -0.619 e. The summed E-state index contributed by atoms with van der Waals surface area (Å²) in [6, 6.07) is 12.9. The van der Waals surface area contributed by atoms with Gasteiger partial charge in [0.25, 0.3) is 0 Å². The van der Waals surface area contributed by atoms with Crippen molar-refractivity contribution in [2.24, 2.45) is 0 Å². The monoisotopic (exact) mass is 335 g/mol. The van der Waals surface area contributed by atoms with E-state index in [0.29, 0.717) is 10.3 Å². The van der Waals surface area contributed by atoms with Gasteiger partial charge in [-0.2, -0.15) is 9.83 Å². The van der Waals surface area contributed by atoms with Crippen molar-refractivity contribution < 1.29 is 14.3 Å². The molecular weight excluding hydrogens is 318 g/mol. The normalized spacial score (nSPS) is 12.8. The van der Waals surface area contributed by atoms with Crippen LogP contribution >= 0.6 is 0 Å². The largest absolute Gasteiger partial charge is 0.619 e. The Balaban J connectivity index is 1.55. The molecule has 25 heavy (non-hydrogen) atoms. The van der Waals surface area contributed by atoms with Gasteiger partial charge in [-0.1, -0.05) is 18.2 Å². The number of hydrogen-bond donors (Lipinski definition) is 0. The molecule has 0 saturated heterocycles. The third-order valence-corrected chi connectivity index (χ3v) is 4.39. The number of nitrogens with zero attached hydrogens (tertiary/aromatic N) is 3. The summed E-state index contributed by atoms with van der Waals surface area (Å²) >= 11 is 0. The predicted octanol–water partition coefficient (Wildman–Crippen LogP) is 2.35. The standard InChI is InChI=1S/C19H17N3O3/c23-19(14-9-11-21(24)12-10-14)25-13-17-16-7-4-8-18(16)22(20-17)15-5-2-1-3-6-15/h1-3,5-6,9-12H,4,7-8,13H2. The first kappa shape index (κ1) is 15.4. The molecule has 0 unspecified atom stereocenters. The lowest BCUT2D eigenvalue weighted by atomic mass is 10.2. The molecule has 6 heteroatoms. The SMILES string of the molecule is O=C(OCc1nn(-c2ccccc2)c2c1CCC2)c1cc[n+]([O-])cc1.